The van der Waals surface area contributed by atoms with E-state index in [2.05, 4.69) is 49.7 Å². The molecule has 0 radical (unpaired) electrons. The maximum atomic E-state index is 5.17. The molecular weight excluding hydrogens is 254 g/mol. The van der Waals surface area contributed by atoms with E-state index < -0.39 is 0 Å². The van der Waals surface area contributed by atoms with Crippen molar-refractivity contribution in [3.63, 3.8) is 0 Å². The monoisotopic (exact) mass is 281 g/mol. The van der Waals surface area contributed by atoms with E-state index in [1.165, 1.54) is 24.0 Å². The Morgan fingerprint density at radius 1 is 1.21 bits per heavy atom. The second-order valence-electron chi connectivity index (χ2n) is 4.95. The lowest BCUT2D eigenvalue weighted by Crippen LogP contribution is -2.36. The first-order valence-electron chi connectivity index (χ1n) is 7.02. The first kappa shape index (κ1) is 16.5. The van der Waals surface area contributed by atoms with E-state index in [1.807, 2.05) is 11.8 Å². The summed E-state index contributed by atoms with van der Waals surface area (Å²) in [6.07, 6.45) is 4.64. The van der Waals surface area contributed by atoms with Crippen LogP contribution in [0.25, 0.3) is 0 Å². The molecule has 0 unspecified atom stereocenters. The summed E-state index contributed by atoms with van der Waals surface area (Å²) >= 11 is 1.98. The fourth-order valence-electron chi connectivity index (χ4n) is 2.29. The zero-order chi connectivity index (χ0) is 14.1. The van der Waals surface area contributed by atoms with Crippen molar-refractivity contribution in [1.82, 2.24) is 5.32 Å². The molecule has 0 atom stereocenters. The van der Waals surface area contributed by atoms with Crippen molar-refractivity contribution < 1.29 is 4.74 Å². The summed E-state index contributed by atoms with van der Waals surface area (Å²) in [7, 11) is 1.74. The van der Waals surface area contributed by atoms with Crippen LogP contribution in [0.15, 0.2) is 24.3 Å². The van der Waals surface area contributed by atoms with Crippen molar-refractivity contribution in [3.05, 3.63) is 35.4 Å². The van der Waals surface area contributed by atoms with Crippen LogP contribution in [0.1, 0.15) is 37.8 Å². The van der Waals surface area contributed by atoms with E-state index in [1.54, 1.807) is 7.11 Å². The summed E-state index contributed by atoms with van der Waals surface area (Å²) in [4.78, 5) is 0. The van der Waals surface area contributed by atoms with Crippen LogP contribution in [0.5, 0.6) is 0 Å². The van der Waals surface area contributed by atoms with Gasteiger partial charge in [-0.1, -0.05) is 38.1 Å². The molecule has 108 valence electrons. The molecule has 0 aliphatic rings. The predicted octanol–water partition coefficient (Wildman–Crippen LogP) is 3.84. The summed E-state index contributed by atoms with van der Waals surface area (Å²) in [5.41, 5.74) is 2.57. The van der Waals surface area contributed by atoms with Gasteiger partial charge in [-0.2, -0.15) is 11.8 Å². The second kappa shape index (κ2) is 8.62. The van der Waals surface area contributed by atoms with Gasteiger partial charge in [0, 0.05) is 24.9 Å². The molecule has 2 nitrogen and oxygen atoms in total. The summed E-state index contributed by atoms with van der Waals surface area (Å²) in [5, 5.41) is 3.60. The summed E-state index contributed by atoms with van der Waals surface area (Å²) in [5.74, 6) is 0. The zero-order valence-electron chi connectivity index (χ0n) is 12.7. The van der Waals surface area contributed by atoms with Gasteiger partial charge in [0.2, 0.25) is 0 Å². The Balaban J connectivity index is 2.50. The van der Waals surface area contributed by atoms with Gasteiger partial charge >= 0.3 is 0 Å². The molecule has 1 rings (SSSR count). The molecule has 0 amide bonds. The molecule has 3 heteroatoms. The normalized spacial score (nSPS) is 11.8. The SMILES string of the molecule is CCC(CC)(CNCc1cccc(COC)c1)SC. The van der Waals surface area contributed by atoms with E-state index in [0.29, 0.717) is 11.4 Å². The number of benzene rings is 1. The Morgan fingerprint density at radius 3 is 2.47 bits per heavy atom. The van der Waals surface area contributed by atoms with Gasteiger partial charge in [0.25, 0.3) is 0 Å². The smallest absolute Gasteiger partial charge is 0.0713 e. The Hall–Kier alpha value is -0.510. The van der Waals surface area contributed by atoms with E-state index in [9.17, 15) is 0 Å². The van der Waals surface area contributed by atoms with Gasteiger partial charge in [-0.3, -0.25) is 0 Å². The van der Waals surface area contributed by atoms with Crippen LogP contribution in [0.2, 0.25) is 0 Å². The molecule has 0 spiro atoms. The average Bonchev–Trinajstić information content (AvgIpc) is 2.45. The minimum atomic E-state index is 0.379. The first-order valence-corrected chi connectivity index (χ1v) is 8.24. The molecule has 0 aromatic heterocycles. The number of methoxy groups -OCH3 is 1. The fraction of sp³-hybridized carbons (Fsp3) is 0.625. The van der Waals surface area contributed by atoms with E-state index in [-0.39, 0.29) is 0 Å². The predicted molar refractivity (Wildman–Crippen MR) is 85.7 cm³/mol. The second-order valence-corrected chi connectivity index (χ2v) is 6.23. The number of rotatable bonds is 9. The molecular formula is C16H27NOS. The maximum Gasteiger partial charge on any atom is 0.0713 e. The molecule has 0 bridgehead atoms. The average molecular weight is 281 g/mol. The Kier molecular flexibility index (Phi) is 7.51. The molecule has 0 fully saturated rings. The van der Waals surface area contributed by atoms with Crippen LogP contribution in [0, 0.1) is 0 Å². The van der Waals surface area contributed by atoms with Crippen molar-refractivity contribution >= 4 is 11.8 Å². The number of thioether (sulfide) groups is 1. The number of ether oxygens (including phenoxy) is 1. The maximum absolute atomic E-state index is 5.17. The van der Waals surface area contributed by atoms with Gasteiger partial charge in [0.1, 0.15) is 0 Å². The van der Waals surface area contributed by atoms with Crippen LogP contribution >= 0.6 is 11.8 Å². The summed E-state index contributed by atoms with van der Waals surface area (Å²) < 4.78 is 5.55. The topological polar surface area (TPSA) is 21.3 Å². The highest BCUT2D eigenvalue weighted by Crippen LogP contribution is 2.29. The molecule has 0 aliphatic carbocycles. The van der Waals surface area contributed by atoms with Crippen molar-refractivity contribution in [2.24, 2.45) is 0 Å². The molecule has 19 heavy (non-hydrogen) atoms. The van der Waals surface area contributed by atoms with Crippen molar-refractivity contribution in [2.45, 2.75) is 44.6 Å². The first-order chi connectivity index (χ1) is 9.19. The van der Waals surface area contributed by atoms with Crippen LogP contribution in [0.3, 0.4) is 0 Å². The Labute approximate surface area is 122 Å². The van der Waals surface area contributed by atoms with E-state index >= 15 is 0 Å². The van der Waals surface area contributed by atoms with Crippen LogP contribution in [-0.4, -0.2) is 24.7 Å². The molecule has 0 heterocycles. The third-order valence-corrected chi connectivity index (χ3v) is 5.39. The van der Waals surface area contributed by atoms with Crippen LogP contribution < -0.4 is 5.32 Å². The highest BCUT2D eigenvalue weighted by atomic mass is 32.2. The number of hydrogen-bond acceptors (Lipinski definition) is 3. The van der Waals surface area contributed by atoms with E-state index in [4.69, 9.17) is 4.74 Å². The standard InChI is InChI=1S/C16H27NOS/c1-5-16(6-2,19-4)13-17-11-14-8-7-9-15(10-14)12-18-3/h7-10,17H,5-6,11-13H2,1-4H3. The zero-order valence-corrected chi connectivity index (χ0v) is 13.5. The van der Waals surface area contributed by atoms with Crippen LogP contribution in [0.4, 0.5) is 0 Å². The Bertz CT molecular complexity index is 355. The third kappa shape index (κ3) is 5.17. The lowest BCUT2D eigenvalue weighted by Gasteiger charge is -2.30. The van der Waals surface area contributed by atoms with Crippen molar-refractivity contribution in [1.29, 1.82) is 0 Å². The Morgan fingerprint density at radius 2 is 1.89 bits per heavy atom. The molecule has 0 saturated carbocycles. The molecule has 1 aromatic carbocycles. The largest absolute Gasteiger partial charge is 0.380 e. The third-order valence-electron chi connectivity index (χ3n) is 3.80. The minimum absolute atomic E-state index is 0.379. The highest BCUT2D eigenvalue weighted by molar-refractivity contribution is 8.00. The van der Waals surface area contributed by atoms with E-state index in [0.717, 1.165) is 13.1 Å². The molecule has 0 aliphatic heterocycles. The van der Waals surface area contributed by atoms with Gasteiger partial charge in [-0.15, -0.1) is 0 Å². The van der Waals surface area contributed by atoms with Gasteiger partial charge in [0.15, 0.2) is 0 Å². The van der Waals surface area contributed by atoms with Crippen molar-refractivity contribution in [2.75, 3.05) is 19.9 Å². The quantitative estimate of drug-likeness (QED) is 0.743. The lowest BCUT2D eigenvalue weighted by atomic mass is 10.0. The minimum Gasteiger partial charge on any atom is -0.380 e. The fourth-order valence-corrected chi connectivity index (χ4v) is 3.12. The lowest BCUT2D eigenvalue weighted by molar-refractivity contribution is 0.185. The summed E-state index contributed by atoms with van der Waals surface area (Å²) in [6.45, 7) is 7.24. The van der Waals surface area contributed by atoms with Gasteiger partial charge < -0.3 is 10.1 Å². The van der Waals surface area contributed by atoms with Gasteiger partial charge in [-0.25, -0.2) is 0 Å². The molecule has 0 saturated heterocycles. The highest BCUT2D eigenvalue weighted by Gasteiger charge is 2.23. The van der Waals surface area contributed by atoms with Gasteiger partial charge in [-0.05, 0) is 30.2 Å². The number of hydrogen-bond donors (Lipinski definition) is 1. The molecule has 1 aromatic rings. The number of nitrogens with one attached hydrogen (secondary N) is 1. The van der Waals surface area contributed by atoms with Crippen molar-refractivity contribution in [3.8, 4) is 0 Å². The summed E-state index contributed by atoms with van der Waals surface area (Å²) in [6, 6.07) is 8.60. The van der Waals surface area contributed by atoms with Crippen LogP contribution in [-0.2, 0) is 17.9 Å². The van der Waals surface area contributed by atoms with Gasteiger partial charge in [0.05, 0.1) is 6.61 Å². The molecule has 1 N–H and O–H groups in total.